The highest BCUT2D eigenvalue weighted by molar-refractivity contribution is 7.74. The van der Waals surface area contributed by atoms with Gasteiger partial charge in [-0.05, 0) is 6.42 Å². The molecule has 0 spiro atoms. The molecule has 5 nitrogen and oxygen atoms in total. The fraction of sp³-hybridized carbons (Fsp3) is 0.944. The summed E-state index contributed by atoms with van der Waals surface area (Å²) in [6.07, 6.45) is 17.3. The van der Waals surface area contributed by atoms with Crippen molar-refractivity contribution in [1.82, 2.24) is 5.32 Å². The first-order chi connectivity index (χ1) is 11.7. The van der Waals surface area contributed by atoms with Crippen molar-refractivity contribution in [2.45, 2.75) is 96.8 Å². The van der Waals surface area contributed by atoms with E-state index in [1.807, 2.05) is 0 Å². The van der Waals surface area contributed by atoms with Gasteiger partial charge in [0.25, 0.3) is 0 Å². The van der Waals surface area contributed by atoms with Crippen molar-refractivity contribution in [1.29, 1.82) is 0 Å². The fourth-order valence-corrected chi connectivity index (χ4v) is 2.92. The molecule has 24 heavy (non-hydrogen) atoms. The van der Waals surface area contributed by atoms with Crippen LogP contribution in [0.3, 0.4) is 0 Å². The highest BCUT2D eigenvalue weighted by Crippen LogP contribution is 2.12. The first kappa shape index (κ1) is 23.5. The first-order valence-electron chi connectivity index (χ1n) is 9.67. The van der Waals surface area contributed by atoms with E-state index in [4.69, 9.17) is 4.55 Å². The zero-order chi connectivity index (χ0) is 17.9. The molecule has 144 valence electrons. The maximum atomic E-state index is 11.5. The molecule has 0 aromatic carbocycles. The lowest BCUT2D eigenvalue weighted by Gasteiger charge is -2.05. The van der Waals surface area contributed by atoms with Crippen LogP contribution in [-0.2, 0) is 20.3 Å². The zero-order valence-electron chi connectivity index (χ0n) is 15.4. The van der Waals surface area contributed by atoms with Gasteiger partial charge < -0.3 is 5.32 Å². The van der Waals surface area contributed by atoms with E-state index in [1.54, 1.807) is 0 Å². The molecule has 0 saturated carbocycles. The molecular weight excluding hydrogens is 326 g/mol. The van der Waals surface area contributed by atoms with E-state index in [-0.39, 0.29) is 19.1 Å². The molecule has 0 radical (unpaired) electrons. The van der Waals surface area contributed by atoms with Gasteiger partial charge in [0.2, 0.25) is 5.91 Å². The molecule has 0 aliphatic carbocycles. The minimum atomic E-state index is -2.25. The van der Waals surface area contributed by atoms with Crippen molar-refractivity contribution in [3.63, 3.8) is 0 Å². The van der Waals surface area contributed by atoms with E-state index in [9.17, 15) is 9.00 Å². The second-order valence-corrected chi connectivity index (χ2v) is 7.05. The quantitative estimate of drug-likeness (QED) is 0.272. The zero-order valence-corrected chi connectivity index (χ0v) is 16.2. The summed E-state index contributed by atoms with van der Waals surface area (Å²) >= 11 is -2.25. The van der Waals surface area contributed by atoms with Gasteiger partial charge in [-0.15, -0.1) is 0 Å². The van der Waals surface area contributed by atoms with Crippen LogP contribution in [0.15, 0.2) is 0 Å². The molecule has 0 heterocycles. The summed E-state index contributed by atoms with van der Waals surface area (Å²) < 4.78 is 23.0. The summed E-state index contributed by atoms with van der Waals surface area (Å²) in [6.45, 7) is 2.60. The molecule has 0 rings (SSSR count). The Morgan fingerprint density at radius 1 is 0.875 bits per heavy atom. The fourth-order valence-electron chi connectivity index (χ4n) is 2.70. The Labute approximate surface area is 150 Å². The van der Waals surface area contributed by atoms with Gasteiger partial charge in [0.05, 0.1) is 6.61 Å². The normalized spacial score (nSPS) is 12.2. The number of rotatable bonds is 18. The van der Waals surface area contributed by atoms with Crippen LogP contribution in [0.5, 0.6) is 0 Å². The van der Waals surface area contributed by atoms with Crippen LogP contribution in [0.2, 0.25) is 0 Å². The van der Waals surface area contributed by atoms with Gasteiger partial charge in [0.1, 0.15) is 0 Å². The molecule has 0 aliphatic heterocycles. The molecule has 1 unspecified atom stereocenters. The predicted octanol–water partition coefficient (Wildman–Crippen LogP) is 4.74. The van der Waals surface area contributed by atoms with Gasteiger partial charge in [-0.1, -0.05) is 84.0 Å². The molecule has 1 amide bonds. The second-order valence-electron chi connectivity index (χ2n) is 6.38. The lowest BCUT2D eigenvalue weighted by Crippen LogP contribution is -2.27. The Bertz CT molecular complexity index is 313. The maximum absolute atomic E-state index is 11.5. The Kier molecular flexibility index (Phi) is 18.5. The number of nitrogens with one attached hydrogen (secondary N) is 1. The van der Waals surface area contributed by atoms with Crippen molar-refractivity contribution >= 4 is 17.3 Å². The van der Waals surface area contributed by atoms with Crippen molar-refractivity contribution in [2.75, 3.05) is 13.2 Å². The summed E-state index contributed by atoms with van der Waals surface area (Å²) in [7, 11) is 0. The topological polar surface area (TPSA) is 75.6 Å². The SMILES string of the molecule is CCCCCCCCCCCCCCCC(=O)NCCOS(=O)O. The van der Waals surface area contributed by atoms with Crippen LogP contribution in [0.4, 0.5) is 0 Å². The van der Waals surface area contributed by atoms with Gasteiger partial charge in [-0.25, -0.2) is 0 Å². The third-order valence-electron chi connectivity index (χ3n) is 4.12. The summed E-state index contributed by atoms with van der Waals surface area (Å²) in [4.78, 5) is 11.5. The largest absolute Gasteiger partial charge is 0.354 e. The highest BCUT2D eigenvalue weighted by Gasteiger charge is 2.01. The van der Waals surface area contributed by atoms with E-state index in [0.29, 0.717) is 6.42 Å². The Morgan fingerprint density at radius 3 is 1.79 bits per heavy atom. The van der Waals surface area contributed by atoms with Gasteiger partial charge in [0, 0.05) is 13.0 Å². The molecule has 2 N–H and O–H groups in total. The smallest absolute Gasteiger partial charge is 0.301 e. The van der Waals surface area contributed by atoms with Crippen LogP contribution in [0.25, 0.3) is 0 Å². The molecule has 0 fully saturated rings. The number of unbranched alkanes of at least 4 members (excludes halogenated alkanes) is 12. The predicted molar refractivity (Wildman–Crippen MR) is 100 cm³/mol. The van der Waals surface area contributed by atoms with Crippen LogP contribution in [0.1, 0.15) is 96.8 Å². The minimum Gasteiger partial charge on any atom is -0.354 e. The van der Waals surface area contributed by atoms with Crippen LogP contribution >= 0.6 is 0 Å². The van der Waals surface area contributed by atoms with Crippen LogP contribution in [0, 0.1) is 0 Å². The average Bonchev–Trinajstić information content (AvgIpc) is 2.55. The highest BCUT2D eigenvalue weighted by atomic mass is 32.2. The Balaban J connectivity index is 3.14. The Hall–Kier alpha value is -0.460. The standard InChI is InChI=1S/C18H37NO4S/c1-2-3-4-5-6-7-8-9-10-11-12-13-14-15-18(20)19-16-17-23-24(21)22/h2-17H2,1H3,(H,19,20)(H,21,22). The molecule has 0 bridgehead atoms. The molecule has 0 aromatic rings. The molecule has 1 atom stereocenters. The average molecular weight is 364 g/mol. The number of hydrogen-bond donors (Lipinski definition) is 2. The molecule has 0 saturated heterocycles. The van der Waals surface area contributed by atoms with Gasteiger partial charge in [-0.3, -0.25) is 13.5 Å². The Morgan fingerprint density at radius 2 is 1.33 bits per heavy atom. The van der Waals surface area contributed by atoms with E-state index in [2.05, 4.69) is 16.4 Å². The molecule has 0 aliphatic rings. The monoisotopic (exact) mass is 363 g/mol. The van der Waals surface area contributed by atoms with E-state index < -0.39 is 11.4 Å². The minimum absolute atomic E-state index is 0.00889. The summed E-state index contributed by atoms with van der Waals surface area (Å²) in [5.41, 5.74) is 0. The number of amides is 1. The van der Waals surface area contributed by atoms with E-state index in [1.165, 1.54) is 70.6 Å². The van der Waals surface area contributed by atoms with Crippen molar-refractivity contribution in [2.24, 2.45) is 0 Å². The number of carbonyl (C=O) groups is 1. The molecule has 6 heteroatoms. The van der Waals surface area contributed by atoms with E-state index in [0.717, 1.165) is 12.8 Å². The molecule has 0 aromatic heterocycles. The lowest BCUT2D eigenvalue weighted by molar-refractivity contribution is -0.121. The van der Waals surface area contributed by atoms with Crippen LogP contribution < -0.4 is 5.32 Å². The first-order valence-corrected chi connectivity index (χ1v) is 10.7. The van der Waals surface area contributed by atoms with E-state index >= 15 is 0 Å². The molecular formula is C18H37NO4S. The van der Waals surface area contributed by atoms with Crippen LogP contribution in [-0.4, -0.2) is 27.8 Å². The summed E-state index contributed by atoms with van der Waals surface area (Å²) in [5, 5.41) is 2.67. The van der Waals surface area contributed by atoms with Gasteiger partial charge >= 0.3 is 11.4 Å². The van der Waals surface area contributed by atoms with Gasteiger partial charge in [-0.2, -0.15) is 4.21 Å². The van der Waals surface area contributed by atoms with Gasteiger partial charge in [0.15, 0.2) is 0 Å². The lowest BCUT2D eigenvalue weighted by atomic mass is 10.0. The third kappa shape index (κ3) is 19.6. The summed E-state index contributed by atoms with van der Waals surface area (Å²) in [5.74, 6) is -0.00889. The number of carbonyl (C=O) groups excluding carboxylic acids is 1. The van der Waals surface area contributed by atoms with Crippen molar-refractivity contribution in [3.8, 4) is 0 Å². The number of hydrogen-bond acceptors (Lipinski definition) is 3. The van der Waals surface area contributed by atoms with Crippen molar-refractivity contribution < 1.29 is 17.7 Å². The maximum Gasteiger partial charge on any atom is 0.301 e. The third-order valence-corrected chi connectivity index (χ3v) is 4.48. The second kappa shape index (κ2) is 18.9. The van der Waals surface area contributed by atoms with Crippen molar-refractivity contribution in [3.05, 3.63) is 0 Å². The summed E-state index contributed by atoms with van der Waals surface area (Å²) in [6, 6.07) is 0.